The van der Waals surface area contributed by atoms with E-state index in [0.29, 0.717) is 24.4 Å². The predicted molar refractivity (Wildman–Crippen MR) is 80.9 cm³/mol. The lowest BCUT2D eigenvalue weighted by atomic mass is 10.0. The van der Waals surface area contributed by atoms with Crippen molar-refractivity contribution in [1.29, 1.82) is 0 Å². The summed E-state index contributed by atoms with van der Waals surface area (Å²) < 4.78 is 27.6. The van der Waals surface area contributed by atoms with Gasteiger partial charge in [0.1, 0.15) is 0 Å². The van der Waals surface area contributed by atoms with Crippen LogP contribution in [-0.4, -0.2) is 24.8 Å². The Labute approximate surface area is 122 Å². The molecule has 112 valence electrons. The van der Waals surface area contributed by atoms with Crippen molar-refractivity contribution < 1.29 is 8.42 Å². The standard InChI is InChI=1S/C15H24N2O2S/c1-4-13-7-6-12(11-16)10-14(13)20(18,19)17-9-5-8-15(17,2)3/h6-7,10H,4-5,8-9,11,16H2,1-3H3. The fourth-order valence-corrected chi connectivity index (χ4v) is 5.10. The highest BCUT2D eigenvalue weighted by Gasteiger charge is 2.41. The summed E-state index contributed by atoms with van der Waals surface area (Å²) in [5.41, 5.74) is 7.07. The Hall–Kier alpha value is -0.910. The molecule has 0 amide bonds. The zero-order chi connectivity index (χ0) is 15.0. The number of hydrogen-bond acceptors (Lipinski definition) is 3. The monoisotopic (exact) mass is 296 g/mol. The Bertz CT molecular complexity index is 594. The molecule has 0 radical (unpaired) electrons. The summed E-state index contributed by atoms with van der Waals surface area (Å²) in [7, 11) is -3.44. The first kappa shape index (κ1) is 15.5. The molecule has 2 rings (SSSR count). The van der Waals surface area contributed by atoms with Crippen LogP contribution in [0.5, 0.6) is 0 Å². The first-order chi connectivity index (χ1) is 9.32. The zero-order valence-electron chi connectivity index (χ0n) is 12.5. The summed E-state index contributed by atoms with van der Waals surface area (Å²) in [6, 6.07) is 5.54. The van der Waals surface area contributed by atoms with Crippen molar-refractivity contribution in [3.63, 3.8) is 0 Å². The maximum absolute atomic E-state index is 13.0. The van der Waals surface area contributed by atoms with Gasteiger partial charge in [0.2, 0.25) is 10.0 Å². The number of aryl methyl sites for hydroxylation is 1. The van der Waals surface area contributed by atoms with E-state index in [9.17, 15) is 8.42 Å². The van der Waals surface area contributed by atoms with Crippen LogP contribution in [0.2, 0.25) is 0 Å². The van der Waals surface area contributed by atoms with E-state index >= 15 is 0 Å². The molecule has 1 aromatic rings. The van der Waals surface area contributed by atoms with Gasteiger partial charge >= 0.3 is 0 Å². The van der Waals surface area contributed by atoms with Crippen molar-refractivity contribution in [2.75, 3.05) is 6.54 Å². The van der Waals surface area contributed by atoms with Crippen LogP contribution in [0.4, 0.5) is 0 Å². The molecular weight excluding hydrogens is 272 g/mol. The van der Waals surface area contributed by atoms with Crippen molar-refractivity contribution in [3.05, 3.63) is 29.3 Å². The fraction of sp³-hybridized carbons (Fsp3) is 0.600. The first-order valence-electron chi connectivity index (χ1n) is 7.17. The van der Waals surface area contributed by atoms with E-state index < -0.39 is 10.0 Å². The minimum absolute atomic E-state index is 0.303. The number of hydrogen-bond donors (Lipinski definition) is 1. The fourth-order valence-electron chi connectivity index (χ4n) is 2.91. The van der Waals surface area contributed by atoms with E-state index in [2.05, 4.69) is 0 Å². The molecule has 0 unspecified atom stereocenters. The Balaban J connectivity index is 2.54. The maximum atomic E-state index is 13.0. The molecule has 4 nitrogen and oxygen atoms in total. The lowest BCUT2D eigenvalue weighted by Crippen LogP contribution is -2.42. The molecule has 1 fully saturated rings. The molecule has 1 aromatic carbocycles. The third-order valence-electron chi connectivity index (χ3n) is 4.14. The van der Waals surface area contributed by atoms with Gasteiger partial charge in [-0.1, -0.05) is 19.1 Å². The molecule has 20 heavy (non-hydrogen) atoms. The minimum Gasteiger partial charge on any atom is -0.326 e. The molecule has 0 bridgehead atoms. The molecule has 1 aliphatic heterocycles. The molecule has 0 spiro atoms. The van der Waals surface area contributed by atoms with Gasteiger partial charge in [0, 0.05) is 18.6 Å². The van der Waals surface area contributed by atoms with Gasteiger partial charge in [-0.2, -0.15) is 4.31 Å². The van der Waals surface area contributed by atoms with E-state index in [4.69, 9.17) is 5.73 Å². The molecule has 1 heterocycles. The van der Waals surface area contributed by atoms with Crippen LogP contribution in [0.15, 0.2) is 23.1 Å². The van der Waals surface area contributed by atoms with Crippen LogP contribution < -0.4 is 5.73 Å². The van der Waals surface area contributed by atoms with E-state index in [-0.39, 0.29) is 5.54 Å². The highest BCUT2D eigenvalue weighted by molar-refractivity contribution is 7.89. The highest BCUT2D eigenvalue weighted by atomic mass is 32.2. The third-order valence-corrected chi connectivity index (χ3v) is 6.33. The third kappa shape index (κ3) is 2.62. The van der Waals surface area contributed by atoms with E-state index in [1.807, 2.05) is 32.9 Å². The van der Waals surface area contributed by atoms with Gasteiger partial charge in [-0.05, 0) is 50.3 Å². The van der Waals surface area contributed by atoms with Gasteiger partial charge in [0.05, 0.1) is 4.90 Å². The zero-order valence-corrected chi connectivity index (χ0v) is 13.3. The van der Waals surface area contributed by atoms with Gasteiger partial charge in [-0.15, -0.1) is 0 Å². The molecule has 0 aliphatic carbocycles. The average Bonchev–Trinajstić information content (AvgIpc) is 2.78. The summed E-state index contributed by atoms with van der Waals surface area (Å²) >= 11 is 0. The SMILES string of the molecule is CCc1ccc(CN)cc1S(=O)(=O)N1CCCC1(C)C. The number of nitrogens with zero attached hydrogens (tertiary/aromatic N) is 1. The number of nitrogens with two attached hydrogens (primary N) is 1. The van der Waals surface area contributed by atoms with Crippen molar-refractivity contribution >= 4 is 10.0 Å². The minimum atomic E-state index is -3.44. The van der Waals surface area contributed by atoms with Gasteiger partial charge < -0.3 is 5.73 Å². The predicted octanol–water partition coefficient (Wildman–Crippen LogP) is 2.27. The van der Waals surface area contributed by atoms with E-state index in [1.54, 1.807) is 10.4 Å². The number of rotatable bonds is 4. The Morgan fingerprint density at radius 3 is 2.55 bits per heavy atom. The van der Waals surface area contributed by atoms with Crippen LogP contribution in [0.3, 0.4) is 0 Å². The molecule has 0 aromatic heterocycles. The summed E-state index contributed by atoms with van der Waals surface area (Å²) in [5, 5.41) is 0. The summed E-state index contributed by atoms with van der Waals surface area (Å²) in [6.45, 7) is 6.93. The van der Waals surface area contributed by atoms with Crippen molar-refractivity contribution in [2.24, 2.45) is 5.73 Å². The van der Waals surface area contributed by atoms with Crippen molar-refractivity contribution in [2.45, 2.75) is 57.0 Å². The van der Waals surface area contributed by atoms with Crippen molar-refractivity contribution in [1.82, 2.24) is 4.31 Å². The second kappa shape index (κ2) is 5.47. The second-order valence-corrected chi connectivity index (χ2v) is 7.82. The molecule has 1 aliphatic rings. The second-order valence-electron chi connectivity index (χ2n) is 5.99. The van der Waals surface area contributed by atoms with Crippen LogP contribution in [0.1, 0.15) is 44.7 Å². The van der Waals surface area contributed by atoms with E-state index in [1.165, 1.54) is 0 Å². The van der Waals surface area contributed by atoms with Crippen LogP contribution in [-0.2, 0) is 23.0 Å². The molecule has 1 saturated heterocycles. The number of sulfonamides is 1. The molecular formula is C15H24N2O2S. The molecule has 0 atom stereocenters. The van der Waals surface area contributed by atoms with Crippen molar-refractivity contribution in [3.8, 4) is 0 Å². The van der Waals surface area contributed by atoms with Crippen LogP contribution in [0, 0.1) is 0 Å². The van der Waals surface area contributed by atoms with Gasteiger partial charge in [-0.3, -0.25) is 0 Å². The summed E-state index contributed by atoms with van der Waals surface area (Å²) in [6.07, 6.45) is 2.53. The Morgan fingerprint density at radius 2 is 2.05 bits per heavy atom. The lowest BCUT2D eigenvalue weighted by molar-refractivity contribution is 0.291. The average molecular weight is 296 g/mol. The Morgan fingerprint density at radius 1 is 1.35 bits per heavy atom. The lowest BCUT2D eigenvalue weighted by Gasteiger charge is -2.31. The quantitative estimate of drug-likeness (QED) is 0.927. The molecule has 2 N–H and O–H groups in total. The van der Waals surface area contributed by atoms with Crippen LogP contribution >= 0.6 is 0 Å². The van der Waals surface area contributed by atoms with E-state index in [0.717, 1.165) is 24.0 Å². The first-order valence-corrected chi connectivity index (χ1v) is 8.61. The van der Waals surface area contributed by atoms with Gasteiger partial charge in [-0.25, -0.2) is 8.42 Å². The van der Waals surface area contributed by atoms with Crippen LogP contribution in [0.25, 0.3) is 0 Å². The number of benzene rings is 1. The molecule has 0 saturated carbocycles. The van der Waals surface area contributed by atoms with Gasteiger partial charge in [0.25, 0.3) is 0 Å². The normalized spacial score (nSPS) is 19.4. The largest absolute Gasteiger partial charge is 0.326 e. The topological polar surface area (TPSA) is 63.4 Å². The van der Waals surface area contributed by atoms with Gasteiger partial charge in [0.15, 0.2) is 0 Å². The highest BCUT2D eigenvalue weighted by Crippen LogP contribution is 2.35. The Kier molecular flexibility index (Phi) is 4.23. The maximum Gasteiger partial charge on any atom is 0.243 e. The molecule has 5 heteroatoms. The summed E-state index contributed by atoms with van der Waals surface area (Å²) in [4.78, 5) is 0.429. The summed E-state index contributed by atoms with van der Waals surface area (Å²) in [5.74, 6) is 0. The smallest absolute Gasteiger partial charge is 0.243 e.